The van der Waals surface area contributed by atoms with Crippen LogP contribution in [0.15, 0.2) is 36.5 Å². The number of aliphatic hydroxyl groups excluding tert-OH is 7. The molecule has 0 aromatic rings. The number of carbonyl (C=O) groups excluding carboxylic acids is 1. The fraction of sp³-hybridized carbons (Fsp3) is 0.854. The van der Waals surface area contributed by atoms with E-state index in [-0.39, 0.29) is 12.8 Å². The third-order valence-corrected chi connectivity index (χ3v) is 11.5. The van der Waals surface area contributed by atoms with E-state index in [0.717, 1.165) is 38.5 Å². The van der Waals surface area contributed by atoms with Gasteiger partial charge in [0, 0.05) is 0 Å². The van der Waals surface area contributed by atoms with Crippen LogP contribution in [0.25, 0.3) is 0 Å². The number of rotatable bonds is 39. The maximum Gasteiger partial charge on any atom is 0.249 e. The molecule has 0 spiro atoms. The molecule has 0 bridgehead atoms. The first kappa shape index (κ1) is 55.3. The minimum atomic E-state index is -1.67. The summed E-state index contributed by atoms with van der Waals surface area (Å²) in [4.78, 5) is 13.0. The summed E-state index contributed by atoms with van der Waals surface area (Å²) in [5.74, 6) is -0.717. The maximum absolute atomic E-state index is 13.0. The summed E-state index contributed by atoms with van der Waals surface area (Å²) in [5.41, 5.74) is 0. The van der Waals surface area contributed by atoms with Gasteiger partial charge in [-0.05, 0) is 71.1 Å². The standard InChI is InChI=1S/C48H89NO10/c1-3-5-7-9-11-13-14-15-16-17-18-19-20-21-22-23-24-25-26-27-28-30-32-34-36-41(52)47(57)49-39(38-58-48-46(56)45(55)44(54)42(37-50)59-48)43(53)40(51)35-33-31-29-12-10-8-6-4-2/h4,6,12,21-22,29,39-46,48,50-56H,3,5,7-11,13-20,23-28,30-38H2,1-2H3,(H,49,57)/b6-4+,22-21-,29-12+. The SMILES string of the molecule is C/C=C/CC/C=C/CCCC(O)C(O)C(COC1OC(CO)C(O)C(O)C1O)NC(=O)C(O)CCCCCCCCCC/C=C\CCCCCCCCCCCCCC. The van der Waals surface area contributed by atoms with E-state index >= 15 is 0 Å². The van der Waals surface area contributed by atoms with Gasteiger partial charge in [0.2, 0.25) is 5.91 Å². The number of unbranched alkanes of at least 4 members (excludes halogenated alkanes) is 22. The average Bonchev–Trinajstić information content (AvgIpc) is 3.23. The van der Waals surface area contributed by atoms with Crippen LogP contribution in [0, 0.1) is 0 Å². The molecule has 1 rings (SSSR count). The lowest BCUT2D eigenvalue weighted by atomic mass is 9.98. The molecule has 1 saturated heterocycles. The Hall–Kier alpha value is -1.67. The Morgan fingerprint density at radius 3 is 1.61 bits per heavy atom. The summed E-state index contributed by atoms with van der Waals surface area (Å²) in [6, 6.07) is -1.19. The average molecular weight is 840 g/mol. The van der Waals surface area contributed by atoms with E-state index < -0.39 is 74.2 Å². The molecule has 346 valence electrons. The molecule has 1 heterocycles. The van der Waals surface area contributed by atoms with Crippen LogP contribution in [-0.4, -0.2) is 110 Å². The highest BCUT2D eigenvalue weighted by atomic mass is 16.7. The van der Waals surface area contributed by atoms with Crippen molar-refractivity contribution in [1.82, 2.24) is 5.32 Å². The maximum atomic E-state index is 13.0. The van der Waals surface area contributed by atoms with Gasteiger partial charge in [-0.2, -0.15) is 0 Å². The summed E-state index contributed by atoms with van der Waals surface area (Å²) in [7, 11) is 0. The first-order chi connectivity index (χ1) is 28.7. The van der Waals surface area contributed by atoms with Crippen molar-refractivity contribution in [2.45, 2.75) is 249 Å². The molecule has 9 unspecified atom stereocenters. The van der Waals surface area contributed by atoms with Gasteiger partial charge in [-0.25, -0.2) is 0 Å². The lowest BCUT2D eigenvalue weighted by Crippen LogP contribution is -2.60. The van der Waals surface area contributed by atoms with Gasteiger partial charge in [0.1, 0.15) is 36.6 Å². The van der Waals surface area contributed by atoms with Crippen LogP contribution >= 0.6 is 0 Å². The molecule has 1 aliphatic rings. The summed E-state index contributed by atoms with van der Waals surface area (Å²) < 4.78 is 11.0. The molecule has 1 aliphatic heterocycles. The molecule has 8 N–H and O–H groups in total. The molecule has 0 aromatic carbocycles. The van der Waals surface area contributed by atoms with Crippen LogP contribution in [0.3, 0.4) is 0 Å². The largest absolute Gasteiger partial charge is 0.394 e. The fourth-order valence-corrected chi connectivity index (χ4v) is 7.52. The first-order valence-corrected chi connectivity index (χ1v) is 23.9. The Balaban J connectivity index is 2.31. The molecule has 0 saturated carbocycles. The van der Waals surface area contributed by atoms with Crippen LogP contribution in [0.1, 0.15) is 194 Å². The van der Waals surface area contributed by atoms with Crippen molar-refractivity contribution in [2.75, 3.05) is 13.2 Å². The number of aliphatic hydroxyl groups is 7. The number of ether oxygens (including phenoxy) is 2. The molecule has 0 aliphatic carbocycles. The van der Waals surface area contributed by atoms with Crippen molar-refractivity contribution in [1.29, 1.82) is 0 Å². The smallest absolute Gasteiger partial charge is 0.249 e. The zero-order valence-corrected chi connectivity index (χ0v) is 37.2. The summed E-state index contributed by atoms with van der Waals surface area (Å²) in [6.45, 7) is 3.17. The number of hydrogen-bond donors (Lipinski definition) is 8. The molecule has 11 nitrogen and oxygen atoms in total. The molecule has 1 fully saturated rings. The van der Waals surface area contributed by atoms with E-state index in [1.54, 1.807) is 0 Å². The minimum absolute atomic E-state index is 0.242. The van der Waals surface area contributed by atoms with Gasteiger partial charge >= 0.3 is 0 Å². The van der Waals surface area contributed by atoms with Crippen LogP contribution < -0.4 is 5.32 Å². The highest BCUT2D eigenvalue weighted by Crippen LogP contribution is 2.23. The van der Waals surface area contributed by atoms with E-state index in [9.17, 15) is 40.5 Å². The highest BCUT2D eigenvalue weighted by molar-refractivity contribution is 5.80. The van der Waals surface area contributed by atoms with Gasteiger partial charge in [0.05, 0.1) is 25.4 Å². The number of nitrogens with one attached hydrogen (secondary N) is 1. The summed E-state index contributed by atoms with van der Waals surface area (Å²) in [5, 5.41) is 75.3. The second-order valence-electron chi connectivity index (χ2n) is 16.8. The van der Waals surface area contributed by atoms with Crippen molar-refractivity contribution in [3.8, 4) is 0 Å². The predicted octanol–water partition coefficient (Wildman–Crippen LogP) is 8.00. The van der Waals surface area contributed by atoms with Crippen molar-refractivity contribution in [3.63, 3.8) is 0 Å². The molecule has 59 heavy (non-hydrogen) atoms. The van der Waals surface area contributed by atoms with E-state index in [1.165, 1.54) is 109 Å². The molecule has 0 radical (unpaired) electrons. The lowest BCUT2D eigenvalue weighted by molar-refractivity contribution is -0.303. The van der Waals surface area contributed by atoms with Crippen molar-refractivity contribution < 1.29 is 50.0 Å². The van der Waals surface area contributed by atoms with Gasteiger partial charge in [0.25, 0.3) is 0 Å². The second kappa shape index (κ2) is 38.0. The zero-order valence-electron chi connectivity index (χ0n) is 37.2. The van der Waals surface area contributed by atoms with Gasteiger partial charge in [-0.3, -0.25) is 4.79 Å². The third-order valence-electron chi connectivity index (χ3n) is 11.5. The number of carbonyl (C=O) groups is 1. The van der Waals surface area contributed by atoms with Gasteiger partial charge in [0.15, 0.2) is 6.29 Å². The van der Waals surface area contributed by atoms with Gasteiger partial charge < -0.3 is 50.5 Å². The Morgan fingerprint density at radius 1 is 0.610 bits per heavy atom. The molecule has 11 heteroatoms. The molecule has 0 aromatic heterocycles. The van der Waals surface area contributed by atoms with Crippen LogP contribution in [-0.2, 0) is 14.3 Å². The topological polar surface area (TPSA) is 189 Å². The number of amides is 1. The predicted molar refractivity (Wildman–Crippen MR) is 238 cm³/mol. The number of hydrogen-bond acceptors (Lipinski definition) is 10. The van der Waals surface area contributed by atoms with E-state index in [1.807, 2.05) is 19.1 Å². The second-order valence-corrected chi connectivity index (χ2v) is 16.8. The third kappa shape index (κ3) is 27.8. The van der Waals surface area contributed by atoms with Crippen molar-refractivity contribution in [3.05, 3.63) is 36.5 Å². The van der Waals surface area contributed by atoms with Gasteiger partial charge in [-0.1, -0.05) is 159 Å². The van der Waals surface area contributed by atoms with Crippen molar-refractivity contribution >= 4 is 5.91 Å². The lowest BCUT2D eigenvalue weighted by Gasteiger charge is -2.40. The highest BCUT2D eigenvalue weighted by Gasteiger charge is 2.44. The van der Waals surface area contributed by atoms with Crippen LogP contribution in [0.4, 0.5) is 0 Å². The Morgan fingerprint density at radius 2 is 1.08 bits per heavy atom. The van der Waals surface area contributed by atoms with E-state index in [2.05, 4.69) is 36.5 Å². The minimum Gasteiger partial charge on any atom is -0.394 e. The Kier molecular flexibility index (Phi) is 35.7. The van der Waals surface area contributed by atoms with Gasteiger partial charge in [-0.15, -0.1) is 0 Å². The Bertz CT molecular complexity index is 1050. The zero-order chi connectivity index (χ0) is 43.4. The summed E-state index contributed by atoms with van der Waals surface area (Å²) in [6.07, 6.45) is 32.5. The Labute approximate surface area is 358 Å². The monoisotopic (exact) mass is 840 g/mol. The normalized spacial score (nSPS) is 22.1. The number of allylic oxidation sites excluding steroid dienone is 6. The molecular formula is C48H89NO10. The van der Waals surface area contributed by atoms with E-state index in [4.69, 9.17) is 9.47 Å². The van der Waals surface area contributed by atoms with Crippen LogP contribution in [0.2, 0.25) is 0 Å². The van der Waals surface area contributed by atoms with Crippen LogP contribution in [0.5, 0.6) is 0 Å². The first-order valence-electron chi connectivity index (χ1n) is 23.9. The summed E-state index contributed by atoms with van der Waals surface area (Å²) >= 11 is 0. The molecule has 9 atom stereocenters. The molecular weight excluding hydrogens is 751 g/mol. The quantitative estimate of drug-likeness (QED) is 0.0223. The van der Waals surface area contributed by atoms with E-state index in [0.29, 0.717) is 19.3 Å². The van der Waals surface area contributed by atoms with Crippen molar-refractivity contribution in [2.24, 2.45) is 0 Å². The molecule has 1 amide bonds. The fourth-order valence-electron chi connectivity index (χ4n) is 7.52.